The number of anilines is 1. The van der Waals surface area contributed by atoms with Gasteiger partial charge in [-0.15, -0.1) is 5.10 Å². The Hall–Kier alpha value is -3.22. The van der Waals surface area contributed by atoms with Crippen LogP contribution < -0.4 is 10.6 Å². The summed E-state index contributed by atoms with van der Waals surface area (Å²) in [5.74, 6) is -0.598. The van der Waals surface area contributed by atoms with E-state index in [1.54, 1.807) is 16.8 Å². The van der Waals surface area contributed by atoms with Crippen LogP contribution in [0.15, 0.2) is 36.4 Å². The van der Waals surface area contributed by atoms with E-state index in [4.69, 9.17) is 0 Å². The van der Waals surface area contributed by atoms with Gasteiger partial charge >= 0.3 is 0 Å². The van der Waals surface area contributed by atoms with Crippen LogP contribution in [0.25, 0.3) is 11.0 Å². The van der Waals surface area contributed by atoms with Crippen molar-refractivity contribution in [3.05, 3.63) is 53.1 Å². The molecule has 0 spiro atoms. The fraction of sp³-hybridized carbons (Fsp3) is 0.263. The molecule has 0 aliphatic heterocycles. The molecule has 0 aliphatic rings. The summed E-state index contributed by atoms with van der Waals surface area (Å²) in [6, 6.07) is 10.9. The summed E-state index contributed by atoms with van der Waals surface area (Å²) in [6.07, 6.45) is 0. The minimum Gasteiger partial charge on any atom is -0.343 e. The third kappa shape index (κ3) is 3.56. The van der Waals surface area contributed by atoms with Crippen molar-refractivity contribution in [2.24, 2.45) is 0 Å². The molecule has 2 amide bonds. The van der Waals surface area contributed by atoms with E-state index < -0.39 is 0 Å². The Bertz CT molecular complexity index is 977. The Morgan fingerprint density at radius 1 is 1.15 bits per heavy atom. The number of carbonyl (C=O) groups excluding carboxylic acids is 2. The molecule has 0 fully saturated rings. The molecule has 2 N–H and O–H groups in total. The van der Waals surface area contributed by atoms with Gasteiger partial charge in [0.05, 0.1) is 12.1 Å². The van der Waals surface area contributed by atoms with E-state index in [0.29, 0.717) is 17.6 Å². The number of nitrogens with one attached hydrogen (secondary N) is 2. The number of fused-ring (bicyclic) bond motifs is 1. The second kappa shape index (κ2) is 7.35. The first-order chi connectivity index (χ1) is 12.5. The average molecular weight is 351 g/mol. The lowest BCUT2D eigenvalue weighted by Gasteiger charge is -2.11. The lowest BCUT2D eigenvalue weighted by atomic mass is 10.1. The smallest absolute Gasteiger partial charge is 0.251 e. The van der Waals surface area contributed by atoms with Gasteiger partial charge in [0.1, 0.15) is 5.52 Å². The van der Waals surface area contributed by atoms with E-state index >= 15 is 0 Å². The summed E-state index contributed by atoms with van der Waals surface area (Å²) < 4.78 is 1.76. The van der Waals surface area contributed by atoms with Gasteiger partial charge in [-0.2, -0.15) is 0 Å². The summed E-state index contributed by atoms with van der Waals surface area (Å²) in [5, 5.41) is 13.5. The van der Waals surface area contributed by atoms with E-state index in [9.17, 15) is 9.59 Å². The lowest BCUT2D eigenvalue weighted by Crippen LogP contribution is -2.33. The van der Waals surface area contributed by atoms with Crippen LogP contribution in [0.3, 0.4) is 0 Å². The van der Waals surface area contributed by atoms with Crippen LogP contribution in [-0.4, -0.2) is 33.4 Å². The van der Waals surface area contributed by atoms with Gasteiger partial charge in [0.25, 0.3) is 5.91 Å². The number of amides is 2. The standard InChI is InChI=1S/C19H21N5O2/c1-4-24-17-9-8-14(10-16(17)22-23-24)19(26)20-11-18(25)21-15-7-5-6-12(2)13(15)3/h5-10H,4,11H2,1-3H3,(H,20,26)(H,21,25). The molecule has 0 saturated heterocycles. The Morgan fingerprint density at radius 2 is 1.96 bits per heavy atom. The number of hydrogen-bond donors (Lipinski definition) is 2. The first-order valence-electron chi connectivity index (χ1n) is 8.47. The van der Waals surface area contributed by atoms with E-state index in [0.717, 1.165) is 22.3 Å². The number of rotatable bonds is 5. The molecule has 26 heavy (non-hydrogen) atoms. The fourth-order valence-electron chi connectivity index (χ4n) is 2.69. The molecule has 0 aliphatic carbocycles. The molecule has 0 radical (unpaired) electrons. The topological polar surface area (TPSA) is 88.9 Å². The normalized spacial score (nSPS) is 10.7. The third-order valence-electron chi connectivity index (χ3n) is 4.36. The SMILES string of the molecule is CCn1nnc2cc(C(=O)NCC(=O)Nc3cccc(C)c3C)ccc21. The van der Waals surface area contributed by atoms with Gasteiger partial charge in [-0.05, 0) is 56.2 Å². The summed E-state index contributed by atoms with van der Waals surface area (Å²) >= 11 is 0. The predicted octanol–water partition coefficient (Wildman–Crippen LogP) is 2.44. The lowest BCUT2D eigenvalue weighted by molar-refractivity contribution is -0.115. The molecule has 2 aromatic carbocycles. The first kappa shape index (κ1) is 17.6. The summed E-state index contributed by atoms with van der Waals surface area (Å²) in [5.41, 5.74) is 4.83. The van der Waals surface area contributed by atoms with E-state index in [1.165, 1.54) is 0 Å². The monoisotopic (exact) mass is 351 g/mol. The van der Waals surface area contributed by atoms with Gasteiger partial charge in [0.2, 0.25) is 5.91 Å². The molecule has 0 bridgehead atoms. The molecule has 3 aromatic rings. The molecule has 7 heteroatoms. The fourth-order valence-corrected chi connectivity index (χ4v) is 2.69. The van der Waals surface area contributed by atoms with E-state index in [1.807, 2.05) is 45.0 Å². The van der Waals surface area contributed by atoms with Crippen LogP contribution in [0.2, 0.25) is 0 Å². The number of nitrogens with zero attached hydrogens (tertiary/aromatic N) is 3. The maximum Gasteiger partial charge on any atom is 0.251 e. The van der Waals surface area contributed by atoms with E-state index in [2.05, 4.69) is 20.9 Å². The van der Waals surface area contributed by atoms with Crippen LogP contribution in [0, 0.1) is 13.8 Å². The summed E-state index contributed by atoms with van der Waals surface area (Å²) in [6.45, 7) is 6.51. The largest absolute Gasteiger partial charge is 0.343 e. The highest BCUT2D eigenvalue weighted by atomic mass is 16.2. The molecular formula is C19H21N5O2. The zero-order valence-electron chi connectivity index (χ0n) is 15.0. The minimum atomic E-state index is -0.325. The minimum absolute atomic E-state index is 0.105. The zero-order valence-corrected chi connectivity index (χ0v) is 15.0. The van der Waals surface area contributed by atoms with Gasteiger partial charge in [0, 0.05) is 17.8 Å². The van der Waals surface area contributed by atoms with Crippen LogP contribution >= 0.6 is 0 Å². The van der Waals surface area contributed by atoms with Crippen molar-refractivity contribution in [3.63, 3.8) is 0 Å². The number of aromatic nitrogens is 3. The Kier molecular flexibility index (Phi) is 4.97. The van der Waals surface area contributed by atoms with Gasteiger partial charge in [0.15, 0.2) is 0 Å². The highest BCUT2D eigenvalue weighted by Gasteiger charge is 2.12. The molecule has 0 unspecified atom stereocenters. The molecule has 0 atom stereocenters. The quantitative estimate of drug-likeness (QED) is 0.739. The maximum absolute atomic E-state index is 12.3. The van der Waals surface area contributed by atoms with Gasteiger partial charge in [-0.1, -0.05) is 17.3 Å². The number of aryl methyl sites for hydroxylation is 2. The highest BCUT2D eigenvalue weighted by molar-refractivity contribution is 6.01. The number of benzene rings is 2. The number of hydrogen-bond acceptors (Lipinski definition) is 4. The highest BCUT2D eigenvalue weighted by Crippen LogP contribution is 2.17. The maximum atomic E-state index is 12.3. The van der Waals surface area contributed by atoms with Crippen molar-refractivity contribution in [2.45, 2.75) is 27.3 Å². The molecule has 3 rings (SSSR count). The van der Waals surface area contributed by atoms with Crippen molar-refractivity contribution < 1.29 is 9.59 Å². The Morgan fingerprint density at radius 3 is 2.73 bits per heavy atom. The predicted molar refractivity (Wildman–Crippen MR) is 100 cm³/mol. The number of carbonyl (C=O) groups is 2. The molecule has 134 valence electrons. The van der Waals surface area contributed by atoms with Crippen LogP contribution in [0.1, 0.15) is 28.4 Å². The molecule has 1 heterocycles. The van der Waals surface area contributed by atoms with Crippen molar-refractivity contribution in [2.75, 3.05) is 11.9 Å². The van der Waals surface area contributed by atoms with Crippen molar-refractivity contribution in [1.82, 2.24) is 20.3 Å². The molecule has 1 aromatic heterocycles. The van der Waals surface area contributed by atoms with Crippen LogP contribution in [0.5, 0.6) is 0 Å². The average Bonchev–Trinajstić information content (AvgIpc) is 3.05. The second-order valence-corrected chi connectivity index (χ2v) is 6.09. The summed E-state index contributed by atoms with van der Waals surface area (Å²) in [7, 11) is 0. The summed E-state index contributed by atoms with van der Waals surface area (Å²) in [4.78, 5) is 24.4. The Labute approximate surface area is 151 Å². The molecule has 0 saturated carbocycles. The zero-order chi connectivity index (χ0) is 18.7. The van der Waals surface area contributed by atoms with Crippen molar-refractivity contribution >= 4 is 28.5 Å². The van der Waals surface area contributed by atoms with Crippen LogP contribution in [0.4, 0.5) is 5.69 Å². The van der Waals surface area contributed by atoms with Crippen molar-refractivity contribution in [3.8, 4) is 0 Å². The van der Waals surface area contributed by atoms with E-state index in [-0.39, 0.29) is 18.4 Å². The van der Waals surface area contributed by atoms with Gasteiger partial charge < -0.3 is 10.6 Å². The molecule has 7 nitrogen and oxygen atoms in total. The third-order valence-corrected chi connectivity index (χ3v) is 4.36. The van der Waals surface area contributed by atoms with Crippen LogP contribution in [-0.2, 0) is 11.3 Å². The van der Waals surface area contributed by atoms with Gasteiger partial charge in [-0.25, -0.2) is 4.68 Å². The second-order valence-electron chi connectivity index (χ2n) is 6.09. The first-order valence-corrected chi connectivity index (χ1v) is 8.47. The van der Waals surface area contributed by atoms with Gasteiger partial charge in [-0.3, -0.25) is 9.59 Å². The Balaban J connectivity index is 1.63. The van der Waals surface area contributed by atoms with Crippen molar-refractivity contribution in [1.29, 1.82) is 0 Å². The molecular weight excluding hydrogens is 330 g/mol.